The summed E-state index contributed by atoms with van der Waals surface area (Å²) in [4.78, 5) is 0. The fraction of sp³-hybridized carbons (Fsp3) is 0.278. The third kappa shape index (κ3) is 5.13. The Bertz CT molecular complexity index is 585. The zero-order valence-corrected chi connectivity index (χ0v) is 12.6. The number of nitrogens with two attached hydrogens (primary N) is 1. The molecule has 2 aromatic carbocycles. The molecule has 22 heavy (non-hydrogen) atoms. The molecule has 0 saturated heterocycles. The second kappa shape index (κ2) is 8.72. The molecule has 4 nitrogen and oxygen atoms in total. The first-order chi connectivity index (χ1) is 10.8. The molecule has 0 aliphatic carbocycles. The molecule has 0 bridgehead atoms. The molecule has 0 saturated carbocycles. The van der Waals surface area contributed by atoms with Crippen LogP contribution in [0.5, 0.6) is 11.5 Å². The van der Waals surface area contributed by atoms with Crippen LogP contribution in [0.1, 0.15) is 24.8 Å². The third-order valence-corrected chi connectivity index (χ3v) is 3.24. The van der Waals surface area contributed by atoms with Crippen LogP contribution in [0, 0.1) is 5.41 Å². The molecule has 0 aromatic heterocycles. The molecule has 0 unspecified atom stereocenters. The van der Waals surface area contributed by atoms with Crippen LogP contribution >= 0.6 is 0 Å². The van der Waals surface area contributed by atoms with Gasteiger partial charge in [0.15, 0.2) is 0 Å². The monoisotopic (exact) mass is 298 g/mol. The maximum absolute atomic E-state index is 7.51. The highest BCUT2D eigenvalue weighted by atomic mass is 16.5. The van der Waals surface area contributed by atoms with Crippen LogP contribution in [-0.4, -0.2) is 19.0 Å². The van der Waals surface area contributed by atoms with Crippen LogP contribution in [0.4, 0.5) is 0 Å². The summed E-state index contributed by atoms with van der Waals surface area (Å²) < 4.78 is 11.3. The Hall–Kier alpha value is -2.49. The van der Waals surface area contributed by atoms with Gasteiger partial charge in [0.25, 0.3) is 0 Å². The number of ether oxygens (including phenoxy) is 2. The van der Waals surface area contributed by atoms with Crippen molar-refractivity contribution in [2.45, 2.75) is 19.3 Å². The van der Waals surface area contributed by atoms with Gasteiger partial charge in [-0.3, -0.25) is 5.41 Å². The largest absolute Gasteiger partial charge is 0.494 e. The Morgan fingerprint density at radius 2 is 1.45 bits per heavy atom. The zero-order valence-electron chi connectivity index (χ0n) is 12.6. The van der Waals surface area contributed by atoms with Crippen LogP contribution < -0.4 is 15.2 Å². The van der Waals surface area contributed by atoms with Gasteiger partial charge in [-0.1, -0.05) is 30.3 Å². The molecule has 0 heterocycles. The van der Waals surface area contributed by atoms with Crippen molar-refractivity contribution in [3.8, 4) is 11.5 Å². The van der Waals surface area contributed by atoms with Gasteiger partial charge in [-0.15, -0.1) is 0 Å². The second-order valence-electron chi connectivity index (χ2n) is 4.98. The smallest absolute Gasteiger partial charge is 0.130 e. The minimum absolute atomic E-state index is 0.0341. The molecular weight excluding hydrogens is 276 g/mol. The van der Waals surface area contributed by atoms with Gasteiger partial charge in [0.05, 0.1) is 18.8 Å². The highest BCUT2D eigenvalue weighted by molar-refractivity contribution is 5.97. The fourth-order valence-electron chi connectivity index (χ4n) is 2.08. The highest BCUT2D eigenvalue weighted by Crippen LogP contribution is 2.17. The number of nitrogens with one attached hydrogen (secondary N) is 1. The number of unbranched alkanes of at least 4 members (excludes halogenated alkanes) is 2. The maximum atomic E-state index is 7.51. The molecule has 4 heteroatoms. The number of benzene rings is 2. The van der Waals surface area contributed by atoms with Crippen molar-refractivity contribution in [2.75, 3.05) is 13.2 Å². The Labute approximate surface area is 131 Å². The molecule has 2 aromatic rings. The minimum Gasteiger partial charge on any atom is -0.494 e. The molecule has 0 fully saturated rings. The topological polar surface area (TPSA) is 68.3 Å². The van der Waals surface area contributed by atoms with Crippen molar-refractivity contribution in [1.82, 2.24) is 0 Å². The van der Waals surface area contributed by atoms with Gasteiger partial charge in [-0.05, 0) is 43.5 Å². The molecule has 0 amide bonds. The molecule has 116 valence electrons. The second-order valence-corrected chi connectivity index (χ2v) is 4.98. The van der Waals surface area contributed by atoms with E-state index in [1.54, 1.807) is 6.07 Å². The predicted octanol–water partition coefficient (Wildman–Crippen LogP) is 3.60. The summed E-state index contributed by atoms with van der Waals surface area (Å²) in [5.74, 6) is 1.62. The average Bonchev–Trinajstić information content (AvgIpc) is 2.55. The van der Waals surface area contributed by atoms with Crippen molar-refractivity contribution >= 4 is 5.84 Å². The minimum atomic E-state index is 0.0341. The van der Waals surface area contributed by atoms with E-state index in [4.69, 9.17) is 20.6 Å². The molecule has 0 spiro atoms. The van der Waals surface area contributed by atoms with Gasteiger partial charge in [0.2, 0.25) is 0 Å². The number of amidine groups is 1. The first kappa shape index (κ1) is 15.9. The standard InChI is InChI=1S/C18H22N2O2/c19-18(20)16-11-5-6-12-17(16)22-14-8-2-7-13-21-15-9-3-1-4-10-15/h1,3-6,9-12H,2,7-8,13-14H2,(H3,19,20). The van der Waals surface area contributed by atoms with Gasteiger partial charge in [0, 0.05) is 0 Å². The summed E-state index contributed by atoms with van der Waals surface area (Å²) in [7, 11) is 0. The van der Waals surface area contributed by atoms with E-state index in [-0.39, 0.29) is 5.84 Å². The van der Waals surface area contributed by atoms with E-state index in [1.807, 2.05) is 48.5 Å². The molecule has 0 radical (unpaired) electrons. The van der Waals surface area contributed by atoms with E-state index >= 15 is 0 Å². The van der Waals surface area contributed by atoms with Crippen LogP contribution in [-0.2, 0) is 0 Å². The number of para-hydroxylation sites is 2. The molecule has 0 aliphatic rings. The van der Waals surface area contributed by atoms with E-state index < -0.39 is 0 Å². The summed E-state index contributed by atoms with van der Waals surface area (Å²) in [6.45, 7) is 1.34. The van der Waals surface area contributed by atoms with Crippen molar-refractivity contribution < 1.29 is 9.47 Å². The lowest BCUT2D eigenvalue weighted by Crippen LogP contribution is -2.13. The number of hydrogen-bond donors (Lipinski definition) is 2. The van der Waals surface area contributed by atoms with Gasteiger partial charge in [0.1, 0.15) is 17.3 Å². The number of rotatable bonds is 9. The van der Waals surface area contributed by atoms with Crippen molar-refractivity contribution in [2.24, 2.45) is 5.73 Å². The highest BCUT2D eigenvalue weighted by Gasteiger charge is 2.04. The fourth-order valence-corrected chi connectivity index (χ4v) is 2.08. The van der Waals surface area contributed by atoms with Crippen LogP contribution in [0.15, 0.2) is 54.6 Å². The van der Waals surface area contributed by atoms with E-state index in [9.17, 15) is 0 Å². The Kier molecular flexibility index (Phi) is 6.30. The number of nitrogen functional groups attached to an aromatic ring is 1. The van der Waals surface area contributed by atoms with Crippen molar-refractivity contribution in [1.29, 1.82) is 5.41 Å². The van der Waals surface area contributed by atoms with Gasteiger partial charge >= 0.3 is 0 Å². The first-order valence-electron chi connectivity index (χ1n) is 7.51. The first-order valence-corrected chi connectivity index (χ1v) is 7.51. The summed E-state index contributed by atoms with van der Waals surface area (Å²) in [6, 6.07) is 17.2. The Balaban J connectivity index is 1.61. The zero-order chi connectivity index (χ0) is 15.6. The Morgan fingerprint density at radius 3 is 2.18 bits per heavy atom. The van der Waals surface area contributed by atoms with Crippen molar-refractivity contribution in [3.63, 3.8) is 0 Å². The summed E-state index contributed by atoms with van der Waals surface area (Å²) >= 11 is 0. The van der Waals surface area contributed by atoms with Gasteiger partial charge in [-0.25, -0.2) is 0 Å². The van der Waals surface area contributed by atoms with E-state index in [0.29, 0.717) is 24.5 Å². The van der Waals surface area contributed by atoms with E-state index in [1.165, 1.54) is 0 Å². The molecule has 0 atom stereocenters. The lowest BCUT2D eigenvalue weighted by Gasteiger charge is -2.10. The Morgan fingerprint density at radius 1 is 0.818 bits per heavy atom. The SMILES string of the molecule is N=C(N)c1ccccc1OCCCCCOc1ccccc1. The molecule has 0 aliphatic heterocycles. The summed E-state index contributed by atoms with van der Waals surface area (Å²) in [6.07, 6.45) is 2.98. The average molecular weight is 298 g/mol. The molecular formula is C18H22N2O2. The van der Waals surface area contributed by atoms with E-state index in [0.717, 1.165) is 25.0 Å². The van der Waals surface area contributed by atoms with Crippen LogP contribution in [0.2, 0.25) is 0 Å². The van der Waals surface area contributed by atoms with E-state index in [2.05, 4.69) is 0 Å². The van der Waals surface area contributed by atoms with Crippen LogP contribution in [0.3, 0.4) is 0 Å². The lowest BCUT2D eigenvalue weighted by atomic mass is 10.2. The summed E-state index contributed by atoms with van der Waals surface area (Å²) in [5, 5.41) is 7.51. The van der Waals surface area contributed by atoms with Crippen molar-refractivity contribution in [3.05, 3.63) is 60.2 Å². The van der Waals surface area contributed by atoms with Gasteiger partial charge < -0.3 is 15.2 Å². The predicted molar refractivity (Wildman–Crippen MR) is 88.7 cm³/mol. The third-order valence-electron chi connectivity index (χ3n) is 3.24. The van der Waals surface area contributed by atoms with Crippen LogP contribution in [0.25, 0.3) is 0 Å². The normalized spacial score (nSPS) is 10.2. The lowest BCUT2D eigenvalue weighted by molar-refractivity contribution is 0.279. The van der Waals surface area contributed by atoms with Gasteiger partial charge in [-0.2, -0.15) is 0 Å². The maximum Gasteiger partial charge on any atom is 0.130 e. The number of hydrogen-bond acceptors (Lipinski definition) is 3. The summed E-state index contributed by atoms with van der Waals surface area (Å²) in [5.41, 5.74) is 6.17. The molecule has 3 N–H and O–H groups in total. The molecule has 2 rings (SSSR count). The quantitative estimate of drug-likeness (QED) is 0.422.